The Morgan fingerprint density at radius 1 is 1.26 bits per heavy atom. The van der Waals surface area contributed by atoms with Crippen LogP contribution in [0.15, 0.2) is 23.8 Å². The van der Waals surface area contributed by atoms with E-state index in [1.807, 2.05) is 13.0 Å². The molecule has 1 heterocycles. The number of unbranched alkanes of at least 4 members (excludes halogenated alkanes) is 1. The number of ether oxygens (including phenoxy) is 3. The molecule has 0 N–H and O–H groups in total. The summed E-state index contributed by atoms with van der Waals surface area (Å²) < 4.78 is 16.7. The topological polar surface area (TPSA) is 61.8 Å². The van der Waals surface area contributed by atoms with Crippen LogP contribution in [0.25, 0.3) is 6.08 Å². The van der Waals surface area contributed by atoms with Gasteiger partial charge in [0, 0.05) is 13.3 Å². The first-order valence-corrected chi connectivity index (χ1v) is 8.48. The van der Waals surface area contributed by atoms with Crippen LogP contribution in [0.5, 0.6) is 5.75 Å². The molecule has 1 fully saturated rings. The Kier molecular flexibility index (Phi) is 5.67. The molecule has 0 bridgehead atoms. The van der Waals surface area contributed by atoms with Crippen LogP contribution >= 0.6 is 22.6 Å². The number of benzene rings is 1. The first-order valence-electron chi connectivity index (χ1n) is 7.40. The number of halogens is 1. The van der Waals surface area contributed by atoms with E-state index in [0.717, 1.165) is 22.2 Å². The van der Waals surface area contributed by atoms with Gasteiger partial charge in [-0.15, -0.1) is 0 Å². The molecule has 5 nitrogen and oxygen atoms in total. The first-order chi connectivity index (χ1) is 10.9. The van der Waals surface area contributed by atoms with E-state index in [0.29, 0.717) is 12.0 Å². The summed E-state index contributed by atoms with van der Waals surface area (Å²) in [6.45, 7) is 3.64. The lowest BCUT2D eigenvalue weighted by Gasteiger charge is -2.33. The maximum atomic E-state index is 12.2. The molecule has 0 aromatic heterocycles. The molecule has 1 aliphatic heterocycles. The van der Waals surface area contributed by atoms with E-state index >= 15 is 0 Å². The SMILES string of the molecule is CCCCC1(C)OC(=O)C(=Cc2ccc(OC)c(I)c2)C(=O)O1. The highest BCUT2D eigenvalue weighted by atomic mass is 127. The van der Waals surface area contributed by atoms with Gasteiger partial charge in [0.05, 0.1) is 10.7 Å². The van der Waals surface area contributed by atoms with Crippen molar-refractivity contribution in [3.05, 3.63) is 32.9 Å². The van der Waals surface area contributed by atoms with Crippen molar-refractivity contribution in [1.82, 2.24) is 0 Å². The Morgan fingerprint density at radius 2 is 1.91 bits per heavy atom. The summed E-state index contributed by atoms with van der Waals surface area (Å²) in [4.78, 5) is 24.4. The second-order valence-corrected chi connectivity index (χ2v) is 6.63. The van der Waals surface area contributed by atoms with Gasteiger partial charge in [-0.25, -0.2) is 9.59 Å². The fraction of sp³-hybridized carbons (Fsp3) is 0.412. The van der Waals surface area contributed by atoms with E-state index < -0.39 is 17.7 Å². The predicted octanol–water partition coefficient (Wildman–Crippen LogP) is 3.69. The summed E-state index contributed by atoms with van der Waals surface area (Å²) in [5, 5.41) is 0. The molecule has 1 aliphatic rings. The van der Waals surface area contributed by atoms with E-state index in [9.17, 15) is 9.59 Å². The molecule has 0 amide bonds. The van der Waals surface area contributed by atoms with Gasteiger partial charge in [0.2, 0.25) is 0 Å². The van der Waals surface area contributed by atoms with Crippen molar-refractivity contribution in [2.24, 2.45) is 0 Å². The average Bonchev–Trinajstić information content (AvgIpc) is 2.49. The lowest BCUT2D eigenvalue weighted by molar-refractivity contribution is -0.230. The summed E-state index contributed by atoms with van der Waals surface area (Å²) in [5.74, 6) is -1.74. The van der Waals surface area contributed by atoms with Gasteiger partial charge >= 0.3 is 11.9 Å². The zero-order valence-corrected chi connectivity index (χ0v) is 15.5. The molecule has 0 atom stereocenters. The Bertz CT molecular complexity index is 630. The van der Waals surface area contributed by atoms with Crippen molar-refractivity contribution < 1.29 is 23.8 Å². The molecule has 0 radical (unpaired) electrons. The molecule has 124 valence electrons. The zero-order chi connectivity index (χ0) is 17.0. The Labute approximate surface area is 149 Å². The average molecular weight is 430 g/mol. The molecule has 23 heavy (non-hydrogen) atoms. The van der Waals surface area contributed by atoms with Crippen molar-refractivity contribution in [2.45, 2.75) is 38.9 Å². The van der Waals surface area contributed by atoms with Crippen molar-refractivity contribution in [3.63, 3.8) is 0 Å². The predicted molar refractivity (Wildman–Crippen MR) is 93.8 cm³/mol. The minimum absolute atomic E-state index is 0.0973. The first kappa shape index (κ1) is 17.8. The van der Waals surface area contributed by atoms with Gasteiger partial charge < -0.3 is 14.2 Å². The highest BCUT2D eigenvalue weighted by molar-refractivity contribution is 14.1. The van der Waals surface area contributed by atoms with Gasteiger partial charge in [0.25, 0.3) is 5.79 Å². The standard InChI is InChI=1S/C17H19IO5/c1-4-5-8-17(2)22-15(19)12(16(20)23-17)9-11-6-7-14(21-3)13(18)10-11/h6-7,9-10H,4-5,8H2,1-3H3. The van der Waals surface area contributed by atoms with Crippen LogP contribution < -0.4 is 4.74 Å². The van der Waals surface area contributed by atoms with Crippen LogP contribution in [0.4, 0.5) is 0 Å². The van der Waals surface area contributed by atoms with Crippen LogP contribution in [-0.2, 0) is 19.1 Å². The van der Waals surface area contributed by atoms with Crippen LogP contribution in [0.3, 0.4) is 0 Å². The third-order valence-electron chi connectivity index (χ3n) is 3.53. The molecule has 6 heteroatoms. The summed E-state index contributed by atoms with van der Waals surface area (Å²) in [6.07, 6.45) is 3.71. The number of hydrogen-bond donors (Lipinski definition) is 0. The zero-order valence-electron chi connectivity index (χ0n) is 13.3. The Balaban J connectivity index is 2.22. The van der Waals surface area contributed by atoms with Gasteiger partial charge in [-0.1, -0.05) is 19.4 Å². The minimum atomic E-state index is -1.17. The highest BCUT2D eigenvalue weighted by Crippen LogP contribution is 2.30. The van der Waals surface area contributed by atoms with Crippen molar-refractivity contribution >= 4 is 40.6 Å². The lowest BCUT2D eigenvalue weighted by Crippen LogP contribution is -2.44. The molecule has 0 spiro atoms. The van der Waals surface area contributed by atoms with E-state index in [1.54, 1.807) is 26.2 Å². The van der Waals surface area contributed by atoms with Gasteiger partial charge in [0.1, 0.15) is 11.3 Å². The molecular formula is C17H19IO5. The van der Waals surface area contributed by atoms with Gasteiger partial charge in [-0.05, 0) is 52.8 Å². The van der Waals surface area contributed by atoms with E-state index in [4.69, 9.17) is 14.2 Å². The number of hydrogen-bond acceptors (Lipinski definition) is 5. The number of methoxy groups -OCH3 is 1. The van der Waals surface area contributed by atoms with Crippen LogP contribution in [-0.4, -0.2) is 24.8 Å². The van der Waals surface area contributed by atoms with Crippen LogP contribution in [0, 0.1) is 3.57 Å². The summed E-state index contributed by atoms with van der Waals surface area (Å²) in [6, 6.07) is 5.36. The normalized spacial score (nSPS) is 20.8. The van der Waals surface area contributed by atoms with Crippen LogP contribution in [0.2, 0.25) is 0 Å². The molecule has 1 saturated heterocycles. The monoisotopic (exact) mass is 430 g/mol. The molecular weight excluding hydrogens is 411 g/mol. The molecule has 0 unspecified atom stereocenters. The number of cyclic esters (lactones) is 2. The van der Waals surface area contributed by atoms with Gasteiger partial charge in [0.15, 0.2) is 0 Å². The van der Waals surface area contributed by atoms with Crippen molar-refractivity contribution in [3.8, 4) is 5.75 Å². The smallest absolute Gasteiger partial charge is 0.348 e. The lowest BCUT2D eigenvalue weighted by atomic mass is 10.1. The minimum Gasteiger partial charge on any atom is -0.496 e. The highest BCUT2D eigenvalue weighted by Gasteiger charge is 2.41. The third kappa shape index (κ3) is 4.25. The maximum absolute atomic E-state index is 12.2. The molecule has 1 aromatic carbocycles. The molecule has 1 aromatic rings. The quantitative estimate of drug-likeness (QED) is 0.309. The summed E-state index contributed by atoms with van der Waals surface area (Å²) >= 11 is 2.12. The van der Waals surface area contributed by atoms with Gasteiger partial charge in [-0.3, -0.25) is 0 Å². The number of esters is 2. The van der Waals surface area contributed by atoms with E-state index in [-0.39, 0.29) is 5.57 Å². The van der Waals surface area contributed by atoms with Crippen molar-refractivity contribution in [1.29, 1.82) is 0 Å². The van der Waals surface area contributed by atoms with Crippen molar-refractivity contribution in [2.75, 3.05) is 7.11 Å². The van der Waals surface area contributed by atoms with Crippen LogP contribution in [0.1, 0.15) is 38.7 Å². The maximum Gasteiger partial charge on any atom is 0.348 e. The largest absolute Gasteiger partial charge is 0.496 e. The Hall–Kier alpha value is -1.57. The fourth-order valence-corrected chi connectivity index (χ4v) is 3.02. The summed E-state index contributed by atoms with van der Waals surface area (Å²) in [7, 11) is 1.59. The number of carbonyl (C=O) groups is 2. The number of rotatable bonds is 5. The van der Waals surface area contributed by atoms with E-state index in [2.05, 4.69) is 22.6 Å². The fourth-order valence-electron chi connectivity index (χ4n) is 2.26. The molecule has 0 saturated carbocycles. The number of carbonyl (C=O) groups excluding carboxylic acids is 2. The van der Waals surface area contributed by atoms with Gasteiger partial charge in [-0.2, -0.15) is 0 Å². The summed E-state index contributed by atoms with van der Waals surface area (Å²) in [5.41, 5.74) is 0.608. The second kappa shape index (κ2) is 7.33. The second-order valence-electron chi connectivity index (χ2n) is 5.47. The third-order valence-corrected chi connectivity index (χ3v) is 4.37. The van der Waals surface area contributed by atoms with E-state index in [1.165, 1.54) is 6.08 Å². The molecule has 2 rings (SSSR count). The Morgan fingerprint density at radius 3 is 2.43 bits per heavy atom. The molecule has 0 aliphatic carbocycles.